The Balaban J connectivity index is 2.16. The van der Waals surface area contributed by atoms with Crippen LogP contribution < -0.4 is 5.73 Å². The van der Waals surface area contributed by atoms with Gasteiger partial charge in [-0.25, -0.2) is 0 Å². The van der Waals surface area contributed by atoms with Crippen LogP contribution in [0.25, 0.3) is 0 Å². The van der Waals surface area contributed by atoms with Crippen molar-refractivity contribution in [2.24, 2.45) is 17.6 Å². The van der Waals surface area contributed by atoms with Crippen LogP contribution in [0.1, 0.15) is 33.1 Å². The minimum Gasteiger partial charge on any atom is -0.327 e. The Bertz CT molecular complexity index is 127. The fourth-order valence-corrected chi connectivity index (χ4v) is 2.83. The average Bonchev–Trinajstić information content (AvgIpc) is 2.36. The van der Waals surface area contributed by atoms with Crippen molar-refractivity contribution >= 4 is 11.8 Å². The Hall–Kier alpha value is 0.310. The van der Waals surface area contributed by atoms with Gasteiger partial charge in [-0.3, -0.25) is 0 Å². The largest absolute Gasteiger partial charge is 0.327 e. The van der Waals surface area contributed by atoms with Crippen molar-refractivity contribution < 1.29 is 0 Å². The smallest absolute Gasteiger partial charge is 0.00672 e. The molecular formula is C10H21NS. The maximum absolute atomic E-state index is 5.97. The van der Waals surface area contributed by atoms with Gasteiger partial charge in [-0.05, 0) is 42.6 Å². The molecule has 0 aliphatic heterocycles. The molecule has 0 amide bonds. The van der Waals surface area contributed by atoms with Crippen molar-refractivity contribution in [1.29, 1.82) is 0 Å². The Morgan fingerprint density at radius 3 is 2.67 bits per heavy atom. The fourth-order valence-electron chi connectivity index (χ4n) is 2.07. The Kier molecular flexibility index (Phi) is 4.44. The summed E-state index contributed by atoms with van der Waals surface area (Å²) < 4.78 is 0. The second-order valence-electron chi connectivity index (χ2n) is 3.85. The lowest BCUT2D eigenvalue weighted by Gasteiger charge is -2.17. The number of hydrogen-bond donors (Lipinski definition) is 1. The number of hydrogen-bond acceptors (Lipinski definition) is 2. The first kappa shape index (κ1) is 10.4. The van der Waals surface area contributed by atoms with Crippen molar-refractivity contribution in [3.8, 4) is 0 Å². The highest BCUT2D eigenvalue weighted by Gasteiger charge is 2.29. The molecule has 0 aromatic carbocycles. The Morgan fingerprint density at radius 1 is 1.42 bits per heavy atom. The molecule has 0 saturated heterocycles. The second-order valence-corrected chi connectivity index (χ2v) is 5.24. The van der Waals surface area contributed by atoms with Crippen molar-refractivity contribution in [2.45, 2.75) is 39.2 Å². The normalized spacial score (nSPS) is 35.8. The lowest BCUT2D eigenvalue weighted by molar-refractivity contribution is 0.384. The minimum absolute atomic E-state index is 0.488. The predicted molar refractivity (Wildman–Crippen MR) is 57.5 cm³/mol. The summed E-state index contributed by atoms with van der Waals surface area (Å²) in [4.78, 5) is 0. The van der Waals surface area contributed by atoms with Gasteiger partial charge in [0.05, 0.1) is 0 Å². The van der Waals surface area contributed by atoms with Gasteiger partial charge in [-0.15, -0.1) is 0 Å². The first-order chi connectivity index (χ1) is 5.75. The highest BCUT2D eigenvalue weighted by Crippen LogP contribution is 2.33. The van der Waals surface area contributed by atoms with E-state index in [1.165, 1.54) is 30.8 Å². The van der Waals surface area contributed by atoms with Crippen molar-refractivity contribution in [3.05, 3.63) is 0 Å². The van der Waals surface area contributed by atoms with Gasteiger partial charge < -0.3 is 5.73 Å². The van der Waals surface area contributed by atoms with E-state index in [0.717, 1.165) is 11.8 Å². The van der Waals surface area contributed by atoms with Crippen LogP contribution in [0.15, 0.2) is 0 Å². The SMILES string of the molecule is CCSCCC1CCC(N)C1C. The summed E-state index contributed by atoms with van der Waals surface area (Å²) in [6.07, 6.45) is 4.00. The molecule has 0 radical (unpaired) electrons. The molecule has 1 saturated carbocycles. The third-order valence-electron chi connectivity index (χ3n) is 3.13. The number of rotatable bonds is 4. The van der Waals surface area contributed by atoms with E-state index in [1.807, 2.05) is 0 Å². The molecule has 0 aromatic rings. The Morgan fingerprint density at radius 2 is 2.17 bits per heavy atom. The van der Waals surface area contributed by atoms with Gasteiger partial charge in [0, 0.05) is 6.04 Å². The molecule has 0 heterocycles. The maximum atomic E-state index is 5.97. The van der Waals surface area contributed by atoms with Crippen LogP contribution in [0.3, 0.4) is 0 Å². The molecule has 0 aromatic heterocycles. The van der Waals surface area contributed by atoms with Crippen molar-refractivity contribution in [1.82, 2.24) is 0 Å². The van der Waals surface area contributed by atoms with Crippen LogP contribution in [0.4, 0.5) is 0 Å². The van der Waals surface area contributed by atoms with E-state index in [1.54, 1.807) is 0 Å². The van der Waals surface area contributed by atoms with E-state index in [9.17, 15) is 0 Å². The number of nitrogens with two attached hydrogens (primary N) is 1. The summed E-state index contributed by atoms with van der Waals surface area (Å²) in [7, 11) is 0. The summed E-state index contributed by atoms with van der Waals surface area (Å²) in [5, 5.41) is 0. The van der Waals surface area contributed by atoms with E-state index in [0.29, 0.717) is 6.04 Å². The lowest BCUT2D eigenvalue weighted by atomic mass is 9.94. The highest BCUT2D eigenvalue weighted by molar-refractivity contribution is 7.99. The molecule has 72 valence electrons. The Labute approximate surface area is 80.5 Å². The van der Waals surface area contributed by atoms with Crippen LogP contribution in [-0.2, 0) is 0 Å². The van der Waals surface area contributed by atoms with Gasteiger partial charge in [-0.2, -0.15) is 11.8 Å². The van der Waals surface area contributed by atoms with Crippen LogP contribution in [0, 0.1) is 11.8 Å². The van der Waals surface area contributed by atoms with Crippen molar-refractivity contribution in [3.63, 3.8) is 0 Å². The standard InChI is InChI=1S/C10H21NS/c1-3-12-7-6-9-4-5-10(11)8(9)2/h8-10H,3-7,11H2,1-2H3. The van der Waals surface area contributed by atoms with Crippen molar-refractivity contribution in [2.75, 3.05) is 11.5 Å². The van der Waals surface area contributed by atoms with Gasteiger partial charge in [0.2, 0.25) is 0 Å². The van der Waals surface area contributed by atoms with Crippen LogP contribution in [0.2, 0.25) is 0 Å². The van der Waals surface area contributed by atoms with Gasteiger partial charge in [0.25, 0.3) is 0 Å². The summed E-state index contributed by atoms with van der Waals surface area (Å²) in [6.45, 7) is 4.55. The quantitative estimate of drug-likeness (QED) is 0.684. The molecule has 1 fully saturated rings. The molecule has 12 heavy (non-hydrogen) atoms. The van der Waals surface area contributed by atoms with Crippen LogP contribution in [-0.4, -0.2) is 17.5 Å². The van der Waals surface area contributed by atoms with E-state index in [2.05, 4.69) is 25.6 Å². The first-order valence-electron chi connectivity index (χ1n) is 5.09. The van der Waals surface area contributed by atoms with Gasteiger partial charge in [-0.1, -0.05) is 13.8 Å². The molecule has 0 spiro atoms. The van der Waals surface area contributed by atoms with E-state index in [4.69, 9.17) is 5.73 Å². The zero-order chi connectivity index (χ0) is 8.97. The van der Waals surface area contributed by atoms with E-state index < -0.39 is 0 Å². The zero-order valence-corrected chi connectivity index (χ0v) is 9.07. The molecule has 3 unspecified atom stereocenters. The molecular weight excluding hydrogens is 166 g/mol. The summed E-state index contributed by atoms with van der Waals surface area (Å²) >= 11 is 2.06. The number of thioether (sulfide) groups is 1. The molecule has 1 nitrogen and oxygen atoms in total. The average molecular weight is 187 g/mol. The zero-order valence-electron chi connectivity index (χ0n) is 8.25. The molecule has 3 atom stereocenters. The molecule has 0 bridgehead atoms. The predicted octanol–water partition coefficient (Wildman–Crippen LogP) is 2.50. The summed E-state index contributed by atoms with van der Waals surface area (Å²) in [6, 6.07) is 0.488. The maximum Gasteiger partial charge on any atom is 0.00672 e. The summed E-state index contributed by atoms with van der Waals surface area (Å²) in [5.41, 5.74) is 5.97. The molecule has 1 aliphatic carbocycles. The van der Waals surface area contributed by atoms with Gasteiger partial charge in [0.15, 0.2) is 0 Å². The second kappa shape index (κ2) is 5.13. The topological polar surface area (TPSA) is 26.0 Å². The van der Waals surface area contributed by atoms with Gasteiger partial charge in [0.1, 0.15) is 0 Å². The molecule has 2 heteroatoms. The van der Waals surface area contributed by atoms with Crippen LogP contribution >= 0.6 is 11.8 Å². The fraction of sp³-hybridized carbons (Fsp3) is 1.00. The third-order valence-corrected chi connectivity index (χ3v) is 4.06. The third kappa shape index (κ3) is 2.67. The highest BCUT2D eigenvalue weighted by atomic mass is 32.2. The van der Waals surface area contributed by atoms with Crippen LogP contribution in [0.5, 0.6) is 0 Å². The molecule has 1 aliphatic rings. The minimum atomic E-state index is 0.488. The monoisotopic (exact) mass is 187 g/mol. The molecule has 2 N–H and O–H groups in total. The molecule has 1 rings (SSSR count). The first-order valence-corrected chi connectivity index (χ1v) is 6.24. The summed E-state index contributed by atoms with van der Waals surface area (Å²) in [5.74, 6) is 4.27. The van der Waals surface area contributed by atoms with Gasteiger partial charge >= 0.3 is 0 Å². The lowest BCUT2D eigenvalue weighted by Crippen LogP contribution is -2.25. The van der Waals surface area contributed by atoms with E-state index >= 15 is 0 Å². The van der Waals surface area contributed by atoms with E-state index in [-0.39, 0.29) is 0 Å².